The summed E-state index contributed by atoms with van der Waals surface area (Å²) in [6.45, 7) is 6.35. The number of benzene rings is 1. The standard InChI is InChI=1S/C17H24N2OS/c1-4-8-14-16(12-18-11-5-2)21-17(19-14)13-9-6-7-10-15(13)20-3/h6-7,9-10,18H,4-5,8,11-12H2,1-3H3. The molecule has 0 atom stereocenters. The Bertz CT molecular complexity index is 566. The Labute approximate surface area is 131 Å². The molecule has 0 radical (unpaired) electrons. The molecule has 0 aliphatic heterocycles. The van der Waals surface area contributed by atoms with Crippen molar-refractivity contribution in [3.63, 3.8) is 0 Å². The molecule has 0 unspecified atom stereocenters. The molecule has 1 N–H and O–H groups in total. The number of nitrogens with one attached hydrogen (secondary N) is 1. The van der Waals surface area contributed by atoms with Gasteiger partial charge in [-0.2, -0.15) is 0 Å². The third-order valence-corrected chi connectivity index (χ3v) is 4.45. The molecule has 2 rings (SSSR count). The Kier molecular flexibility index (Phi) is 6.21. The van der Waals surface area contributed by atoms with E-state index < -0.39 is 0 Å². The van der Waals surface area contributed by atoms with Crippen LogP contribution >= 0.6 is 11.3 Å². The molecular formula is C17H24N2OS. The van der Waals surface area contributed by atoms with Crippen molar-refractivity contribution < 1.29 is 4.74 Å². The van der Waals surface area contributed by atoms with Gasteiger partial charge in [0.1, 0.15) is 10.8 Å². The lowest BCUT2D eigenvalue weighted by Crippen LogP contribution is -2.13. The quantitative estimate of drug-likeness (QED) is 0.740. The number of ether oxygens (including phenoxy) is 1. The normalized spacial score (nSPS) is 10.8. The van der Waals surface area contributed by atoms with Crippen LogP contribution in [-0.2, 0) is 13.0 Å². The summed E-state index contributed by atoms with van der Waals surface area (Å²) >= 11 is 1.78. The molecule has 0 saturated carbocycles. The molecule has 0 aliphatic carbocycles. The van der Waals surface area contributed by atoms with E-state index in [0.29, 0.717) is 0 Å². The highest BCUT2D eigenvalue weighted by molar-refractivity contribution is 7.15. The Morgan fingerprint density at radius 3 is 2.71 bits per heavy atom. The van der Waals surface area contributed by atoms with Crippen LogP contribution in [0.25, 0.3) is 10.6 Å². The van der Waals surface area contributed by atoms with Crippen molar-refractivity contribution in [1.82, 2.24) is 10.3 Å². The number of hydrogen-bond donors (Lipinski definition) is 1. The maximum absolute atomic E-state index is 5.46. The molecule has 0 spiro atoms. The molecule has 2 aromatic rings. The number of para-hydroxylation sites is 1. The summed E-state index contributed by atoms with van der Waals surface area (Å²) in [7, 11) is 1.71. The molecule has 114 valence electrons. The second kappa shape index (κ2) is 8.15. The highest BCUT2D eigenvalue weighted by Crippen LogP contribution is 2.34. The van der Waals surface area contributed by atoms with Crippen molar-refractivity contribution >= 4 is 11.3 Å². The van der Waals surface area contributed by atoms with Crippen molar-refractivity contribution in [2.45, 2.75) is 39.7 Å². The Balaban J connectivity index is 2.29. The second-order valence-corrected chi connectivity index (χ2v) is 6.10. The predicted molar refractivity (Wildman–Crippen MR) is 90.1 cm³/mol. The molecule has 0 fully saturated rings. The number of nitrogens with zero attached hydrogens (tertiary/aromatic N) is 1. The van der Waals surface area contributed by atoms with Crippen molar-refractivity contribution in [3.05, 3.63) is 34.8 Å². The average molecular weight is 304 g/mol. The van der Waals surface area contributed by atoms with Gasteiger partial charge in [0.2, 0.25) is 0 Å². The largest absolute Gasteiger partial charge is 0.496 e. The van der Waals surface area contributed by atoms with E-state index in [0.717, 1.165) is 48.7 Å². The van der Waals surface area contributed by atoms with Crippen molar-refractivity contribution in [2.24, 2.45) is 0 Å². The molecule has 0 bridgehead atoms. The number of hydrogen-bond acceptors (Lipinski definition) is 4. The van der Waals surface area contributed by atoms with Gasteiger partial charge in [0.25, 0.3) is 0 Å². The van der Waals surface area contributed by atoms with E-state index in [-0.39, 0.29) is 0 Å². The van der Waals surface area contributed by atoms with E-state index in [1.54, 1.807) is 18.4 Å². The fourth-order valence-electron chi connectivity index (χ4n) is 2.27. The first kappa shape index (κ1) is 16.0. The molecule has 21 heavy (non-hydrogen) atoms. The van der Waals surface area contributed by atoms with E-state index in [1.807, 2.05) is 18.2 Å². The van der Waals surface area contributed by atoms with Gasteiger partial charge in [0.05, 0.1) is 18.4 Å². The Hall–Kier alpha value is -1.39. The minimum absolute atomic E-state index is 0.891. The first-order chi connectivity index (χ1) is 10.3. The van der Waals surface area contributed by atoms with Crippen molar-refractivity contribution in [3.8, 4) is 16.3 Å². The van der Waals surface area contributed by atoms with Gasteiger partial charge >= 0.3 is 0 Å². The Morgan fingerprint density at radius 2 is 2.00 bits per heavy atom. The second-order valence-electron chi connectivity index (χ2n) is 5.02. The van der Waals surface area contributed by atoms with Crippen LogP contribution in [0.2, 0.25) is 0 Å². The summed E-state index contributed by atoms with van der Waals surface area (Å²) in [6, 6.07) is 8.10. The summed E-state index contributed by atoms with van der Waals surface area (Å²) < 4.78 is 5.46. The summed E-state index contributed by atoms with van der Waals surface area (Å²) in [4.78, 5) is 6.21. The molecule has 0 saturated heterocycles. The van der Waals surface area contributed by atoms with Crippen molar-refractivity contribution in [1.29, 1.82) is 0 Å². The van der Waals surface area contributed by atoms with Crippen LogP contribution in [0.4, 0.5) is 0 Å². The zero-order valence-corrected chi connectivity index (χ0v) is 13.9. The zero-order chi connectivity index (χ0) is 15.1. The Morgan fingerprint density at radius 1 is 1.19 bits per heavy atom. The summed E-state index contributed by atoms with van der Waals surface area (Å²) in [5.74, 6) is 0.891. The maximum Gasteiger partial charge on any atom is 0.129 e. The van der Waals surface area contributed by atoms with Gasteiger partial charge in [-0.3, -0.25) is 0 Å². The van der Waals surface area contributed by atoms with E-state index in [4.69, 9.17) is 9.72 Å². The smallest absolute Gasteiger partial charge is 0.129 e. The van der Waals surface area contributed by atoms with Crippen LogP contribution in [0.3, 0.4) is 0 Å². The maximum atomic E-state index is 5.46. The number of aromatic nitrogens is 1. The molecule has 1 heterocycles. The first-order valence-corrected chi connectivity index (χ1v) is 8.44. The van der Waals surface area contributed by atoms with Crippen LogP contribution in [0.1, 0.15) is 37.3 Å². The van der Waals surface area contributed by atoms with Gasteiger partial charge in [-0.15, -0.1) is 11.3 Å². The molecule has 1 aromatic carbocycles. The number of methoxy groups -OCH3 is 1. The molecular weight excluding hydrogens is 280 g/mol. The van der Waals surface area contributed by atoms with Gasteiger partial charge in [0, 0.05) is 11.4 Å². The van der Waals surface area contributed by atoms with Gasteiger partial charge in [-0.25, -0.2) is 4.98 Å². The minimum atomic E-state index is 0.891. The molecule has 0 aliphatic rings. The highest BCUT2D eigenvalue weighted by atomic mass is 32.1. The molecule has 3 nitrogen and oxygen atoms in total. The van der Waals surface area contributed by atoms with Gasteiger partial charge < -0.3 is 10.1 Å². The molecule has 4 heteroatoms. The summed E-state index contributed by atoms with van der Waals surface area (Å²) in [6.07, 6.45) is 3.31. The average Bonchev–Trinajstić information content (AvgIpc) is 2.91. The van der Waals surface area contributed by atoms with E-state index >= 15 is 0 Å². The molecule has 1 aromatic heterocycles. The lowest BCUT2D eigenvalue weighted by molar-refractivity contribution is 0.416. The van der Waals surface area contributed by atoms with Crippen LogP contribution in [-0.4, -0.2) is 18.6 Å². The van der Waals surface area contributed by atoms with E-state index in [9.17, 15) is 0 Å². The predicted octanol–water partition coefficient (Wildman–Crippen LogP) is 4.27. The van der Waals surface area contributed by atoms with Crippen LogP contribution in [0, 0.1) is 0 Å². The monoisotopic (exact) mass is 304 g/mol. The van der Waals surface area contributed by atoms with Gasteiger partial charge in [-0.1, -0.05) is 32.4 Å². The zero-order valence-electron chi connectivity index (χ0n) is 13.1. The first-order valence-electron chi connectivity index (χ1n) is 7.62. The fourth-order valence-corrected chi connectivity index (χ4v) is 3.38. The van der Waals surface area contributed by atoms with E-state index in [2.05, 4.69) is 25.2 Å². The van der Waals surface area contributed by atoms with Gasteiger partial charge in [0.15, 0.2) is 0 Å². The number of aryl methyl sites for hydroxylation is 1. The topological polar surface area (TPSA) is 34.1 Å². The minimum Gasteiger partial charge on any atom is -0.496 e. The van der Waals surface area contributed by atoms with Crippen molar-refractivity contribution in [2.75, 3.05) is 13.7 Å². The highest BCUT2D eigenvalue weighted by Gasteiger charge is 2.14. The van der Waals surface area contributed by atoms with Crippen LogP contribution < -0.4 is 10.1 Å². The lowest BCUT2D eigenvalue weighted by atomic mass is 10.2. The fraction of sp³-hybridized carbons (Fsp3) is 0.471. The van der Waals surface area contributed by atoms with Crippen LogP contribution in [0.5, 0.6) is 5.75 Å². The number of thiazole rings is 1. The summed E-state index contributed by atoms with van der Waals surface area (Å²) in [5.41, 5.74) is 2.32. The van der Waals surface area contributed by atoms with E-state index in [1.165, 1.54) is 10.6 Å². The van der Waals surface area contributed by atoms with Gasteiger partial charge in [-0.05, 0) is 31.5 Å². The third-order valence-electron chi connectivity index (χ3n) is 3.31. The lowest BCUT2D eigenvalue weighted by Gasteiger charge is -2.04. The number of rotatable bonds is 8. The van der Waals surface area contributed by atoms with Crippen LogP contribution in [0.15, 0.2) is 24.3 Å². The SMILES string of the molecule is CCCNCc1sc(-c2ccccc2OC)nc1CCC. The summed E-state index contributed by atoms with van der Waals surface area (Å²) in [5, 5.41) is 4.54. The molecule has 0 amide bonds. The third kappa shape index (κ3) is 4.05.